The highest BCUT2D eigenvalue weighted by Gasteiger charge is 2.02. The second-order valence-electron chi connectivity index (χ2n) is 2.78. The molecule has 0 saturated heterocycles. The molecule has 1 aromatic heterocycles. The zero-order valence-electron chi connectivity index (χ0n) is 7.40. The Hall–Kier alpha value is -0.870. The summed E-state index contributed by atoms with van der Waals surface area (Å²) in [6, 6.07) is 0. The van der Waals surface area contributed by atoms with Gasteiger partial charge in [-0.2, -0.15) is 5.10 Å². The lowest BCUT2D eigenvalue weighted by atomic mass is 10.4. The van der Waals surface area contributed by atoms with Crippen molar-refractivity contribution in [2.75, 3.05) is 7.11 Å². The normalized spacial score (nSPS) is 13.2. The molecule has 1 rings (SSSR count). The number of ether oxygens (including phenoxy) is 1. The molecule has 0 saturated carbocycles. The van der Waals surface area contributed by atoms with E-state index >= 15 is 0 Å². The van der Waals surface area contributed by atoms with Crippen molar-refractivity contribution in [3.63, 3.8) is 0 Å². The smallest absolute Gasteiger partial charge is 0.0739 e. The summed E-state index contributed by atoms with van der Waals surface area (Å²) in [6.45, 7) is 2.73. The summed E-state index contributed by atoms with van der Waals surface area (Å²) in [6.07, 6.45) is 3.62. The number of aliphatic hydroxyl groups excluding tert-OH is 1. The molecule has 0 radical (unpaired) electrons. The third-order valence-electron chi connectivity index (χ3n) is 1.72. The number of rotatable bonds is 4. The zero-order valence-corrected chi connectivity index (χ0v) is 7.40. The molecule has 0 spiro atoms. The first-order chi connectivity index (χ1) is 5.76. The second kappa shape index (κ2) is 4.23. The third kappa shape index (κ3) is 2.32. The number of aliphatic hydroxyl groups is 1. The van der Waals surface area contributed by atoms with E-state index in [1.165, 1.54) is 0 Å². The lowest BCUT2D eigenvalue weighted by Crippen LogP contribution is -2.14. The fourth-order valence-corrected chi connectivity index (χ4v) is 0.926. The van der Waals surface area contributed by atoms with Crippen molar-refractivity contribution in [1.29, 1.82) is 0 Å². The van der Waals surface area contributed by atoms with E-state index in [0.717, 1.165) is 12.1 Å². The summed E-state index contributed by atoms with van der Waals surface area (Å²) in [7, 11) is 1.67. The highest BCUT2D eigenvalue weighted by Crippen LogP contribution is 1.99. The standard InChI is InChI=1S/C8H14N2O2/c1-7(12-2)4-10-5-8(6-11)3-9-10/h3,5,7,11H,4,6H2,1-2H3. The molecular weight excluding hydrogens is 156 g/mol. The SMILES string of the molecule is COC(C)Cn1cc(CO)cn1. The minimum atomic E-state index is 0.0430. The Balaban J connectivity index is 2.52. The van der Waals surface area contributed by atoms with Gasteiger partial charge in [0, 0.05) is 18.9 Å². The molecule has 0 fully saturated rings. The first-order valence-corrected chi connectivity index (χ1v) is 3.91. The molecule has 1 unspecified atom stereocenters. The van der Waals surface area contributed by atoms with E-state index in [0.29, 0.717) is 0 Å². The Bertz CT molecular complexity index is 235. The molecular formula is C8H14N2O2. The quantitative estimate of drug-likeness (QED) is 0.712. The van der Waals surface area contributed by atoms with Gasteiger partial charge in [0.05, 0.1) is 25.5 Å². The van der Waals surface area contributed by atoms with Crippen LogP contribution in [0.1, 0.15) is 12.5 Å². The molecule has 1 N–H and O–H groups in total. The predicted octanol–water partition coefficient (Wildman–Crippen LogP) is 0.410. The van der Waals surface area contributed by atoms with Crippen LogP contribution in [0.4, 0.5) is 0 Å². The molecule has 1 aromatic rings. The van der Waals surface area contributed by atoms with Gasteiger partial charge in [-0.25, -0.2) is 0 Å². The van der Waals surface area contributed by atoms with Gasteiger partial charge in [0.1, 0.15) is 0 Å². The molecule has 0 amide bonds. The van der Waals surface area contributed by atoms with E-state index in [-0.39, 0.29) is 12.7 Å². The van der Waals surface area contributed by atoms with Gasteiger partial charge in [-0.1, -0.05) is 0 Å². The summed E-state index contributed by atoms with van der Waals surface area (Å²) in [5.41, 5.74) is 0.832. The van der Waals surface area contributed by atoms with Crippen LogP contribution in [-0.2, 0) is 17.9 Å². The number of methoxy groups -OCH3 is 1. The Morgan fingerprint density at radius 2 is 2.50 bits per heavy atom. The second-order valence-corrected chi connectivity index (χ2v) is 2.78. The van der Waals surface area contributed by atoms with E-state index in [9.17, 15) is 0 Å². The first kappa shape index (κ1) is 9.22. The monoisotopic (exact) mass is 170 g/mol. The van der Waals surface area contributed by atoms with Crippen LogP contribution >= 0.6 is 0 Å². The molecule has 0 aliphatic carbocycles. The average Bonchev–Trinajstić information content (AvgIpc) is 2.52. The maximum atomic E-state index is 8.76. The molecule has 0 bridgehead atoms. The summed E-state index contributed by atoms with van der Waals surface area (Å²) < 4.78 is 6.84. The van der Waals surface area contributed by atoms with Gasteiger partial charge in [0.25, 0.3) is 0 Å². The van der Waals surface area contributed by atoms with Crippen LogP contribution in [0, 0.1) is 0 Å². The molecule has 0 aromatic carbocycles. The van der Waals surface area contributed by atoms with E-state index in [2.05, 4.69) is 5.10 Å². The fourth-order valence-electron chi connectivity index (χ4n) is 0.926. The van der Waals surface area contributed by atoms with Gasteiger partial charge < -0.3 is 9.84 Å². The van der Waals surface area contributed by atoms with Crippen LogP contribution in [0.3, 0.4) is 0 Å². The number of hydrogen-bond acceptors (Lipinski definition) is 3. The van der Waals surface area contributed by atoms with E-state index < -0.39 is 0 Å². The molecule has 12 heavy (non-hydrogen) atoms. The van der Waals surface area contributed by atoms with Crippen LogP contribution in [-0.4, -0.2) is 28.1 Å². The molecule has 4 heteroatoms. The molecule has 0 aliphatic heterocycles. The molecule has 1 atom stereocenters. The summed E-state index contributed by atoms with van der Waals surface area (Å²) in [5, 5.41) is 12.8. The third-order valence-corrected chi connectivity index (χ3v) is 1.72. The van der Waals surface area contributed by atoms with Gasteiger partial charge in [-0.15, -0.1) is 0 Å². The van der Waals surface area contributed by atoms with Gasteiger partial charge >= 0.3 is 0 Å². The molecule has 1 heterocycles. The summed E-state index contributed by atoms with van der Waals surface area (Å²) in [5.74, 6) is 0. The molecule has 68 valence electrons. The van der Waals surface area contributed by atoms with Crippen molar-refractivity contribution in [2.45, 2.75) is 26.2 Å². The minimum absolute atomic E-state index is 0.0430. The Labute approximate surface area is 71.8 Å². The maximum absolute atomic E-state index is 8.76. The summed E-state index contributed by atoms with van der Waals surface area (Å²) >= 11 is 0. The minimum Gasteiger partial charge on any atom is -0.392 e. The van der Waals surface area contributed by atoms with E-state index in [4.69, 9.17) is 9.84 Å². The zero-order chi connectivity index (χ0) is 8.97. The van der Waals surface area contributed by atoms with E-state index in [1.807, 2.05) is 13.1 Å². The Kier molecular flexibility index (Phi) is 3.25. The molecule has 0 aliphatic rings. The predicted molar refractivity (Wildman–Crippen MR) is 44.6 cm³/mol. The van der Waals surface area contributed by atoms with Crippen LogP contribution < -0.4 is 0 Å². The van der Waals surface area contributed by atoms with Crippen molar-refractivity contribution in [2.24, 2.45) is 0 Å². The molecule has 4 nitrogen and oxygen atoms in total. The van der Waals surface area contributed by atoms with E-state index in [1.54, 1.807) is 18.0 Å². The van der Waals surface area contributed by atoms with Crippen molar-refractivity contribution in [3.05, 3.63) is 18.0 Å². The van der Waals surface area contributed by atoms with Gasteiger partial charge in [-0.3, -0.25) is 4.68 Å². The fraction of sp³-hybridized carbons (Fsp3) is 0.625. The Morgan fingerprint density at radius 1 is 1.75 bits per heavy atom. The Morgan fingerprint density at radius 3 is 3.00 bits per heavy atom. The van der Waals surface area contributed by atoms with Gasteiger partial charge in [0.2, 0.25) is 0 Å². The van der Waals surface area contributed by atoms with Crippen molar-refractivity contribution >= 4 is 0 Å². The topological polar surface area (TPSA) is 47.3 Å². The highest BCUT2D eigenvalue weighted by molar-refractivity contribution is 5.01. The first-order valence-electron chi connectivity index (χ1n) is 3.91. The lowest BCUT2D eigenvalue weighted by Gasteiger charge is -2.08. The highest BCUT2D eigenvalue weighted by atomic mass is 16.5. The van der Waals surface area contributed by atoms with Crippen LogP contribution in [0.2, 0.25) is 0 Å². The number of hydrogen-bond donors (Lipinski definition) is 1. The van der Waals surface area contributed by atoms with Crippen LogP contribution in [0.15, 0.2) is 12.4 Å². The summed E-state index contributed by atoms with van der Waals surface area (Å²) in [4.78, 5) is 0. The maximum Gasteiger partial charge on any atom is 0.0739 e. The largest absolute Gasteiger partial charge is 0.392 e. The average molecular weight is 170 g/mol. The van der Waals surface area contributed by atoms with Crippen molar-refractivity contribution in [3.8, 4) is 0 Å². The number of nitrogens with zero attached hydrogens (tertiary/aromatic N) is 2. The van der Waals surface area contributed by atoms with Crippen LogP contribution in [0.25, 0.3) is 0 Å². The van der Waals surface area contributed by atoms with Crippen molar-refractivity contribution in [1.82, 2.24) is 9.78 Å². The van der Waals surface area contributed by atoms with Gasteiger partial charge in [-0.05, 0) is 6.92 Å². The van der Waals surface area contributed by atoms with Crippen molar-refractivity contribution < 1.29 is 9.84 Å². The van der Waals surface area contributed by atoms with Gasteiger partial charge in [0.15, 0.2) is 0 Å². The lowest BCUT2D eigenvalue weighted by molar-refractivity contribution is 0.0997. The number of aromatic nitrogens is 2. The van der Waals surface area contributed by atoms with Crippen LogP contribution in [0.5, 0.6) is 0 Å².